The van der Waals surface area contributed by atoms with E-state index in [1.807, 2.05) is 42.5 Å². The number of rotatable bonds is 9. The number of aliphatic hydroxyl groups is 1. The second kappa shape index (κ2) is 11.3. The molecule has 0 aliphatic heterocycles. The normalized spacial score (nSPS) is 12.3. The third-order valence-electron chi connectivity index (χ3n) is 5.51. The van der Waals surface area contributed by atoms with Crippen LogP contribution in [0.5, 0.6) is 0 Å². The van der Waals surface area contributed by atoms with E-state index in [0.29, 0.717) is 17.3 Å². The number of fused-ring (bicyclic) bond motifs is 1. The van der Waals surface area contributed by atoms with Crippen molar-refractivity contribution in [3.63, 3.8) is 0 Å². The lowest BCUT2D eigenvalue weighted by Crippen LogP contribution is -2.45. The number of halogens is 1. The molecule has 0 radical (unpaired) electrons. The average molecular weight is 484 g/mol. The number of benzene rings is 2. The Kier molecular flexibility index (Phi) is 8.47. The molecule has 8 heteroatoms. The predicted octanol–water partition coefficient (Wildman–Crippen LogP) is 5.06. The number of hydrogen-bond donors (Lipinski definition) is 2. The zero-order valence-electron chi connectivity index (χ0n) is 19.6. The van der Waals surface area contributed by atoms with E-state index >= 15 is 0 Å². The second-order valence-corrected chi connectivity index (χ2v) is 9.31. The molecule has 7 nitrogen and oxygen atoms in total. The molecule has 0 aliphatic carbocycles. The van der Waals surface area contributed by atoms with Gasteiger partial charge in [-0.3, -0.25) is 10.1 Å². The van der Waals surface area contributed by atoms with Gasteiger partial charge >= 0.3 is 6.09 Å². The number of carbonyl (C=O) groups excluding carboxylic acids is 2. The van der Waals surface area contributed by atoms with Crippen LogP contribution in [-0.4, -0.2) is 52.3 Å². The fourth-order valence-corrected chi connectivity index (χ4v) is 3.90. The average Bonchev–Trinajstić information content (AvgIpc) is 2.79. The number of ether oxygens (including phenoxy) is 1. The molecule has 0 saturated carbocycles. The van der Waals surface area contributed by atoms with Gasteiger partial charge in [-0.2, -0.15) is 0 Å². The first-order chi connectivity index (χ1) is 16.1. The first-order valence-corrected chi connectivity index (χ1v) is 11.5. The largest absolute Gasteiger partial charge is 0.447 e. The fraction of sp³-hybridized carbons (Fsp3) is 0.346. The van der Waals surface area contributed by atoms with Crippen molar-refractivity contribution in [3.05, 3.63) is 71.4 Å². The van der Waals surface area contributed by atoms with Crippen LogP contribution < -0.4 is 5.32 Å². The second-order valence-electron chi connectivity index (χ2n) is 8.91. The van der Waals surface area contributed by atoms with Crippen LogP contribution in [0, 0.1) is 0 Å². The lowest BCUT2D eigenvalue weighted by atomic mass is 9.98. The molecule has 0 saturated heterocycles. The summed E-state index contributed by atoms with van der Waals surface area (Å²) in [6.45, 7) is 3.24. The highest BCUT2D eigenvalue weighted by molar-refractivity contribution is 6.31. The van der Waals surface area contributed by atoms with Crippen molar-refractivity contribution >= 4 is 40.2 Å². The lowest BCUT2D eigenvalue weighted by Gasteiger charge is -2.32. The SMILES string of the molecule is CN(C(=O)CCc1ccccc1Cl)[C@H](COC(=O)Nc1cc2ccccc2cn1)CC(C)(C)O. The molecule has 1 atom stereocenters. The van der Waals surface area contributed by atoms with E-state index in [4.69, 9.17) is 16.3 Å². The third kappa shape index (κ3) is 7.43. The van der Waals surface area contributed by atoms with Crippen molar-refractivity contribution in [2.45, 2.75) is 44.8 Å². The van der Waals surface area contributed by atoms with Crippen molar-refractivity contribution in [3.8, 4) is 0 Å². The van der Waals surface area contributed by atoms with E-state index in [1.54, 1.807) is 39.2 Å². The van der Waals surface area contributed by atoms with Gasteiger partial charge in [0.15, 0.2) is 0 Å². The van der Waals surface area contributed by atoms with Gasteiger partial charge in [-0.25, -0.2) is 9.78 Å². The van der Waals surface area contributed by atoms with E-state index in [9.17, 15) is 14.7 Å². The third-order valence-corrected chi connectivity index (χ3v) is 5.88. The van der Waals surface area contributed by atoms with Crippen LogP contribution in [0.15, 0.2) is 60.8 Å². The predicted molar refractivity (Wildman–Crippen MR) is 134 cm³/mol. The van der Waals surface area contributed by atoms with Crippen molar-refractivity contribution in [2.24, 2.45) is 0 Å². The van der Waals surface area contributed by atoms with Gasteiger partial charge in [-0.15, -0.1) is 0 Å². The molecule has 0 spiro atoms. The molecule has 0 bridgehead atoms. The Labute approximate surface area is 204 Å². The number of pyridine rings is 1. The van der Waals surface area contributed by atoms with Crippen molar-refractivity contribution in [1.29, 1.82) is 0 Å². The van der Waals surface area contributed by atoms with Gasteiger partial charge < -0.3 is 14.7 Å². The van der Waals surface area contributed by atoms with E-state index in [1.165, 1.54) is 4.90 Å². The van der Waals surface area contributed by atoms with E-state index < -0.39 is 17.7 Å². The minimum Gasteiger partial charge on any atom is -0.447 e. The van der Waals surface area contributed by atoms with Gasteiger partial charge in [0.2, 0.25) is 5.91 Å². The molecule has 3 rings (SSSR count). The summed E-state index contributed by atoms with van der Waals surface area (Å²) in [5.74, 6) is 0.237. The number of aryl methyl sites for hydroxylation is 1. The molecule has 1 heterocycles. The van der Waals surface area contributed by atoms with Gasteiger partial charge in [-0.1, -0.05) is 54.1 Å². The highest BCUT2D eigenvalue weighted by Gasteiger charge is 2.28. The Hall–Kier alpha value is -3.16. The summed E-state index contributed by atoms with van der Waals surface area (Å²) in [7, 11) is 1.65. The molecule has 3 aromatic rings. The molecule has 2 amide bonds. The summed E-state index contributed by atoms with van der Waals surface area (Å²) in [5.41, 5.74) is -0.162. The molecule has 2 aromatic carbocycles. The van der Waals surface area contributed by atoms with E-state index in [0.717, 1.165) is 16.3 Å². The Balaban J connectivity index is 1.59. The van der Waals surface area contributed by atoms with Crippen LogP contribution in [0.4, 0.5) is 10.6 Å². The molecule has 180 valence electrons. The smallest absolute Gasteiger partial charge is 0.412 e. The topological polar surface area (TPSA) is 91.8 Å². The number of aromatic nitrogens is 1. The summed E-state index contributed by atoms with van der Waals surface area (Å²) in [6.07, 6.45) is 1.97. The van der Waals surface area contributed by atoms with Crippen molar-refractivity contribution in [2.75, 3.05) is 19.0 Å². The maximum Gasteiger partial charge on any atom is 0.412 e. The quantitative estimate of drug-likeness (QED) is 0.444. The summed E-state index contributed by atoms with van der Waals surface area (Å²) >= 11 is 6.19. The summed E-state index contributed by atoms with van der Waals surface area (Å²) in [6, 6.07) is 16.3. The number of anilines is 1. The fourth-order valence-electron chi connectivity index (χ4n) is 3.67. The van der Waals surface area contributed by atoms with Crippen molar-refractivity contribution in [1.82, 2.24) is 9.88 Å². The molecule has 0 unspecified atom stereocenters. The number of hydrogen-bond acceptors (Lipinski definition) is 5. The number of likely N-dealkylation sites (N-methyl/N-ethyl adjacent to an activating group) is 1. The van der Waals surface area contributed by atoms with Crippen LogP contribution in [0.1, 0.15) is 32.3 Å². The molecule has 0 fully saturated rings. The van der Waals surface area contributed by atoms with Crippen LogP contribution >= 0.6 is 11.6 Å². The molecule has 34 heavy (non-hydrogen) atoms. The Morgan fingerprint density at radius 3 is 2.53 bits per heavy atom. The van der Waals surface area contributed by atoms with E-state index in [2.05, 4.69) is 10.3 Å². The number of nitrogens with one attached hydrogen (secondary N) is 1. The number of amides is 2. The van der Waals surface area contributed by atoms with Crippen LogP contribution in [0.25, 0.3) is 10.8 Å². The summed E-state index contributed by atoms with van der Waals surface area (Å²) in [5, 5.41) is 15.5. The zero-order valence-corrected chi connectivity index (χ0v) is 20.4. The van der Waals surface area contributed by atoms with Gasteiger partial charge in [0.1, 0.15) is 12.4 Å². The minimum absolute atomic E-state index is 0.0717. The zero-order chi connectivity index (χ0) is 24.7. The van der Waals surface area contributed by atoms with Gasteiger partial charge in [0.05, 0.1) is 11.6 Å². The standard InChI is InChI=1S/C26H30ClN3O4/c1-26(2,33)15-21(30(3)24(31)13-12-18-8-6-7-11-22(18)27)17-34-25(32)29-23-14-19-9-4-5-10-20(19)16-28-23/h4-11,14,16,21,33H,12-13,15,17H2,1-3H3,(H,28,29,32)/t21-/m0/s1. The monoisotopic (exact) mass is 483 g/mol. The first-order valence-electron chi connectivity index (χ1n) is 11.1. The summed E-state index contributed by atoms with van der Waals surface area (Å²) in [4.78, 5) is 31.0. The summed E-state index contributed by atoms with van der Waals surface area (Å²) < 4.78 is 5.40. The van der Waals surface area contributed by atoms with Gasteiger partial charge in [0, 0.05) is 30.1 Å². The van der Waals surface area contributed by atoms with E-state index in [-0.39, 0.29) is 25.4 Å². The molecule has 1 aromatic heterocycles. The molecular formula is C26H30ClN3O4. The van der Waals surface area contributed by atoms with Crippen molar-refractivity contribution < 1.29 is 19.4 Å². The first kappa shape index (κ1) is 25.5. The molecule has 2 N–H and O–H groups in total. The molecule has 0 aliphatic rings. The Morgan fingerprint density at radius 2 is 1.82 bits per heavy atom. The molecular weight excluding hydrogens is 454 g/mol. The number of carbonyl (C=O) groups is 2. The highest BCUT2D eigenvalue weighted by Crippen LogP contribution is 2.20. The van der Waals surface area contributed by atoms with Gasteiger partial charge in [-0.05, 0) is 49.8 Å². The minimum atomic E-state index is -1.05. The van der Waals surface area contributed by atoms with Gasteiger partial charge in [0.25, 0.3) is 0 Å². The lowest BCUT2D eigenvalue weighted by molar-refractivity contribution is -0.134. The Bertz CT molecular complexity index is 1150. The maximum atomic E-state index is 12.9. The highest BCUT2D eigenvalue weighted by atomic mass is 35.5. The Morgan fingerprint density at radius 1 is 1.15 bits per heavy atom. The van der Waals surface area contributed by atoms with Crippen LogP contribution in [-0.2, 0) is 16.0 Å². The number of nitrogens with zero attached hydrogens (tertiary/aromatic N) is 2. The van der Waals surface area contributed by atoms with Crippen LogP contribution in [0.3, 0.4) is 0 Å². The maximum absolute atomic E-state index is 12.9. The van der Waals surface area contributed by atoms with Crippen LogP contribution in [0.2, 0.25) is 5.02 Å².